The quantitative estimate of drug-likeness (QED) is 0.567. The van der Waals surface area contributed by atoms with Crippen molar-refractivity contribution >= 4 is 11.6 Å². The van der Waals surface area contributed by atoms with Crippen molar-refractivity contribution in [3.63, 3.8) is 0 Å². The Kier molecular flexibility index (Phi) is 6.45. The lowest BCUT2D eigenvalue weighted by atomic mass is 10.1. The van der Waals surface area contributed by atoms with Crippen LogP contribution in [0.4, 0.5) is 0 Å². The number of aryl methyl sites for hydroxylation is 1. The molecule has 1 aromatic carbocycles. The number of hydrogen-bond acceptors (Lipinski definition) is 5. The molecule has 30 heavy (non-hydrogen) atoms. The van der Waals surface area contributed by atoms with E-state index in [2.05, 4.69) is 17.0 Å². The van der Waals surface area contributed by atoms with Gasteiger partial charge < -0.3 is 9.47 Å². The summed E-state index contributed by atoms with van der Waals surface area (Å²) in [4.78, 5) is 17.1. The summed E-state index contributed by atoms with van der Waals surface area (Å²) in [5.74, 6) is 0.734. The normalized spacial score (nSPS) is 16.4. The van der Waals surface area contributed by atoms with Gasteiger partial charge in [-0.3, -0.25) is 9.78 Å². The fraction of sp³-hybridized carbons (Fsp3) is 0.348. The first-order valence-electron chi connectivity index (χ1n) is 10.2. The van der Waals surface area contributed by atoms with Gasteiger partial charge in [0, 0.05) is 29.6 Å². The predicted octanol–water partition coefficient (Wildman–Crippen LogP) is 4.80. The first kappa shape index (κ1) is 20.6. The molecule has 0 N–H and O–H groups in total. The summed E-state index contributed by atoms with van der Waals surface area (Å²) in [6.07, 6.45) is 6.73. The van der Waals surface area contributed by atoms with Crippen molar-refractivity contribution in [3.05, 3.63) is 75.4 Å². The zero-order chi connectivity index (χ0) is 20.9. The zero-order valence-electron chi connectivity index (χ0n) is 16.9. The van der Waals surface area contributed by atoms with E-state index in [9.17, 15) is 4.79 Å². The summed E-state index contributed by atoms with van der Waals surface area (Å²) in [6.45, 7) is 3.17. The molecule has 7 heteroatoms. The number of hydrogen-bond donors (Lipinski definition) is 0. The maximum absolute atomic E-state index is 12.7. The van der Waals surface area contributed by atoms with Gasteiger partial charge in [-0.2, -0.15) is 9.78 Å². The van der Waals surface area contributed by atoms with E-state index in [0.717, 1.165) is 48.3 Å². The number of rotatable bonds is 6. The van der Waals surface area contributed by atoms with Crippen molar-refractivity contribution in [1.82, 2.24) is 14.8 Å². The first-order valence-corrected chi connectivity index (χ1v) is 10.6. The Hall–Kier alpha value is -2.70. The van der Waals surface area contributed by atoms with Gasteiger partial charge in [0.2, 0.25) is 0 Å². The second-order valence-electron chi connectivity index (χ2n) is 7.22. The third-order valence-corrected chi connectivity index (χ3v) is 5.62. The molecular formula is C23H24ClN3O3. The lowest BCUT2D eigenvalue weighted by Crippen LogP contribution is -2.31. The molecule has 3 heterocycles. The Morgan fingerprint density at radius 3 is 2.80 bits per heavy atom. The van der Waals surface area contributed by atoms with E-state index < -0.39 is 0 Å². The van der Waals surface area contributed by atoms with Crippen molar-refractivity contribution in [2.24, 2.45) is 0 Å². The summed E-state index contributed by atoms with van der Waals surface area (Å²) in [5.41, 5.74) is 3.19. The highest BCUT2D eigenvalue weighted by molar-refractivity contribution is 6.33. The van der Waals surface area contributed by atoms with E-state index in [0.29, 0.717) is 18.8 Å². The van der Waals surface area contributed by atoms with Crippen LogP contribution < -0.4 is 10.3 Å². The number of halogens is 1. The molecule has 1 aliphatic rings. The molecule has 0 saturated carbocycles. The molecule has 0 spiro atoms. The molecule has 1 fully saturated rings. The lowest BCUT2D eigenvalue weighted by Gasteiger charge is -2.23. The molecule has 1 aliphatic heterocycles. The minimum atomic E-state index is -0.339. The molecule has 6 nitrogen and oxygen atoms in total. The van der Waals surface area contributed by atoms with E-state index in [1.165, 1.54) is 4.68 Å². The third kappa shape index (κ3) is 4.40. The summed E-state index contributed by atoms with van der Waals surface area (Å²) in [5, 5.41) is 4.46. The molecule has 1 atom stereocenters. The highest BCUT2D eigenvalue weighted by Gasteiger charge is 2.20. The topological polar surface area (TPSA) is 66.2 Å². The maximum atomic E-state index is 12.7. The smallest absolute Gasteiger partial charge is 0.288 e. The Morgan fingerprint density at radius 1 is 1.23 bits per heavy atom. The number of pyridine rings is 1. The predicted molar refractivity (Wildman–Crippen MR) is 116 cm³/mol. The highest BCUT2D eigenvalue weighted by Crippen LogP contribution is 2.28. The van der Waals surface area contributed by atoms with Crippen LogP contribution in [0.1, 0.15) is 43.7 Å². The van der Waals surface area contributed by atoms with Crippen LogP contribution in [-0.4, -0.2) is 21.4 Å². The van der Waals surface area contributed by atoms with Gasteiger partial charge >= 0.3 is 0 Å². The molecule has 1 saturated heterocycles. The molecule has 0 bridgehead atoms. The first-order chi connectivity index (χ1) is 14.7. The minimum Gasteiger partial charge on any atom is -0.489 e. The Balaban J connectivity index is 1.50. The van der Waals surface area contributed by atoms with Crippen LogP contribution in [0.3, 0.4) is 0 Å². The lowest BCUT2D eigenvalue weighted by molar-refractivity contribution is -0.0424. The molecule has 0 aliphatic carbocycles. The number of nitrogens with zero attached hydrogens (tertiary/aromatic N) is 3. The summed E-state index contributed by atoms with van der Waals surface area (Å²) >= 11 is 6.40. The molecule has 1 unspecified atom stereocenters. The Labute approximate surface area is 180 Å². The van der Waals surface area contributed by atoms with E-state index in [1.807, 2.05) is 36.4 Å². The van der Waals surface area contributed by atoms with Crippen LogP contribution in [0.15, 0.2) is 53.6 Å². The summed E-state index contributed by atoms with van der Waals surface area (Å²) in [6, 6.07) is 11.4. The number of benzene rings is 1. The summed E-state index contributed by atoms with van der Waals surface area (Å²) < 4.78 is 12.9. The van der Waals surface area contributed by atoms with Gasteiger partial charge in [-0.1, -0.05) is 36.7 Å². The van der Waals surface area contributed by atoms with E-state index in [-0.39, 0.29) is 16.8 Å². The monoisotopic (exact) mass is 425 g/mol. The molecule has 156 valence electrons. The molecule has 4 rings (SSSR count). The van der Waals surface area contributed by atoms with Crippen LogP contribution in [0.5, 0.6) is 5.75 Å². The van der Waals surface area contributed by atoms with Gasteiger partial charge in [0.25, 0.3) is 5.56 Å². The summed E-state index contributed by atoms with van der Waals surface area (Å²) in [7, 11) is 0. The van der Waals surface area contributed by atoms with Crippen molar-refractivity contribution in [2.75, 3.05) is 6.61 Å². The Morgan fingerprint density at radius 2 is 2.07 bits per heavy atom. The second-order valence-corrected chi connectivity index (χ2v) is 7.60. The van der Waals surface area contributed by atoms with Crippen molar-refractivity contribution in [3.8, 4) is 16.9 Å². The van der Waals surface area contributed by atoms with Crippen LogP contribution >= 0.6 is 11.6 Å². The van der Waals surface area contributed by atoms with Crippen molar-refractivity contribution in [2.45, 2.75) is 45.4 Å². The van der Waals surface area contributed by atoms with Crippen LogP contribution in [-0.2, 0) is 17.8 Å². The molecular weight excluding hydrogens is 402 g/mol. The number of ether oxygens (including phenoxy) is 2. The fourth-order valence-electron chi connectivity index (χ4n) is 3.58. The van der Waals surface area contributed by atoms with E-state index >= 15 is 0 Å². The van der Waals surface area contributed by atoms with E-state index in [1.54, 1.807) is 12.4 Å². The van der Waals surface area contributed by atoms with Crippen molar-refractivity contribution < 1.29 is 9.47 Å². The van der Waals surface area contributed by atoms with Gasteiger partial charge in [0.1, 0.15) is 17.4 Å². The molecule has 0 radical (unpaired) electrons. The van der Waals surface area contributed by atoms with Gasteiger partial charge in [-0.25, -0.2) is 0 Å². The standard InChI is InChI=1S/C23H24ClN3O3/c1-2-20-17(6-5-12-25-20)15-30-18-10-8-16(9-11-18)19-14-26-27(23(28)22(19)24)21-7-3-4-13-29-21/h5-6,8-12,14,21H,2-4,7,13,15H2,1H3. The van der Waals surface area contributed by atoms with Gasteiger partial charge in [-0.05, 0) is 49.4 Å². The van der Waals surface area contributed by atoms with Crippen LogP contribution in [0.25, 0.3) is 11.1 Å². The maximum Gasteiger partial charge on any atom is 0.288 e. The SMILES string of the molecule is CCc1ncccc1COc1ccc(-c2cnn(C3CCCCO3)c(=O)c2Cl)cc1. The molecule has 2 aromatic heterocycles. The Bertz CT molecular complexity index is 1060. The average molecular weight is 426 g/mol. The van der Waals surface area contributed by atoms with Crippen LogP contribution in [0, 0.1) is 0 Å². The van der Waals surface area contributed by atoms with Gasteiger partial charge in [-0.15, -0.1) is 0 Å². The zero-order valence-corrected chi connectivity index (χ0v) is 17.6. The van der Waals surface area contributed by atoms with Gasteiger partial charge in [0.15, 0.2) is 6.23 Å². The highest BCUT2D eigenvalue weighted by atomic mass is 35.5. The van der Waals surface area contributed by atoms with Gasteiger partial charge in [0.05, 0.1) is 6.20 Å². The second kappa shape index (κ2) is 9.41. The average Bonchev–Trinajstić information content (AvgIpc) is 2.80. The molecule has 0 amide bonds. The van der Waals surface area contributed by atoms with E-state index in [4.69, 9.17) is 21.1 Å². The third-order valence-electron chi connectivity index (χ3n) is 5.25. The van der Waals surface area contributed by atoms with Crippen LogP contribution in [0.2, 0.25) is 5.02 Å². The minimum absolute atomic E-state index is 0.149. The number of aromatic nitrogens is 3. The molecule has 3 aromatic rings. The fourth-order valence-corrected chi connectivity index (χ4v) is 3.83. The van der Waals surface area contributed by atoms with Crippen molar-refractivity contribution in [1.29, 1.82) is 0 Å². The largest absolute Gasteiger partial charge is 0.489 e.